The number of rotatable bonds is 10. The largest absolute Gasteiger partial charge is 0.480 e. The van der Waals surface area contributed by atoms with E-state index in [4.69, 9.17) is 13.8 Å². The summed E-state index contributed by atoms with van der Waals surface area (Å²) in [5.74, 6) is -1.24. The van der Waals surface area contributed by atoms with E-state index in [-0.39, 0.29) is 25.8 Å². The number of fused-ring (bicyclic) bond motifs is 1. The molecule has 0 saturated heterocycles. The number of hydrogen-bond donors (Lipinski definition) is 2. The molecule has 1 heterocycles. The van der Waals surface area contributed by atoms with Crippen LogP contribution in [0.3, 0.4) is 0 Å². The van der Waals surface area contributed by atoms with Gasteiger partial charge in [-0.1, -0.05) is 12.1 Å². The lowest BCUT2D eigenvalue weighted by atomic mass is 10.0. The van der Waals surface area contributed by atoms with Crippen LogP contribution in [-0.2, 0) is 35.7 Å². The van der Waals surface area contributed by atoms with Crippen molar-refractivity contribution in [1.82, 2.24) is 10.3 Å². The fourth-order valence-electron chi connectivity index (χ4n) is 3.25. The van der Waals surface area contributed by atoms with E-state index in [2.05, 4.69) is 10.3 Å². The number of hydrogen-bond acceptors (Lipinski definition) is 7. The van der Waals surface area contributed by atoms with Gasteiger partial charge < -0.3 is 24.2 Å². The number of aromatic nitrogens is 1. The number of carboxylic acids is 1. The Bertz CT molecular complexity index is 1040. The van der Waals surface area contributed by atoms with Crippen molar-refractivity contribution >= 4 is 30.6 Å². The average molecular weight is 480 g/mol. The number of aryl methyl sites for hydroxylation is 1. The van der Waals surface area contributed by atoms with Crippen LogP contribution in [0, 0.1) is 6.92 Å². The zero-order valence-corrected chi connectivity index (χ0v) is 20.9. The zero-order chi connectivity index (χ0) is 24.8. The molecule has 10 heteroatoms. The van der Waals surface area contributed by atoms with E-state index >= 15 is 0 Å². The number of ether oxygens (including phenoxy) is 1. The van der Waals surface area contributed by atoms with Crippen LogP contribution < -0.4 is 5.32 Å². The predicted octanol–water partition coefficient (Wildman–Crippen LogP) is 4.83. The van der Waals surface area contributed by atoms with E-state index in [9.17, 15) is 19.3 Å². The van der Waals surface area contributed by atoms with E-state index in [0.717, 1.165) is 10.9 Å². The van der Waals surface area contributed by atoms with Crippen molar-refractivity contribution in [3.8, 4) is 0 Å². The Morgan fingerprint density at radius 3 is 2.33 bits per heavy atom. The van der Waals surface area contributed by atoms with Gasteiger partial charge in [-0.05, 0) is 64.8 Å². The molecule has 1 aromatic heterocycles. The SMILES string of the molecule is CCOP(=O)(Cc1cc2ccc(C)cc2nc1C[C@@H](NC(=O)OC(C)(C)C)C(=O)O)OCC. The third kappa shape index (κ3) is 8.11. The first-order valence-electron chi connectivity index (χ1n) is 10.9. The lowest BCUT2D eigenvalue weighted by Gasteiger charge is -2.23. The first kappa shape index (κ1) is 26.8. The van der Waals surface area contributed by atoms with Crippen molar-refractivity contribution < 1.29 is 33.0 Å². The van der Waals surface area contributed by atoms with E-state index in [1.165, 1.54) is 0 Å². The van der Waals surface area contributed by atoms with Gasteiger partial charge in [0.1, 0.15) is 11.6 Å². The molecule has 33 heavy (non-hydrogen) atoms. The molecular formula is C23H33N2O7P. The van der Waals surface area contributed by atoms with Gasteiger partial charge in [0.15, 0.2) is 0 Å². The van der Waals surface area contributed by atoms with Gasteiger partial charge in [-0.3, -0.25) is 9.55 Å². The molecule has 0 spiro atoms. The Labute approximate surface area is 194 Å². The van der Waals surface area contributed by atoms with Crippen molar-refractivity contribution in [2.75, 3.05) is 13.2 Å². The molecule has 182 valence electrons. The Kier molecular flexibility index (Phi) is 9.00. The topological polar surface area (TPSA) is 124 Å². The van der Waals surface area contributed by atoms with Gasteiger partial charge in [0.2, 0.25) is 0 Å². The molecule has 2 aromatic rings. The van der Waals surface area contributed by atoms with E-state index in [1.807, 2.05) is 31.2 Å². The summed E-state index contributed by atoms with van der Waals surface area (Å²) >= 11 is 0. The van der Waals surface area contributed by atoms with E-state index < -0.39 is 31.3 Å². The van der Waals surface area contributed by atoms with Gasteiger partial charge in [0.05, 0.1) is 24.9 Å². The Balaban J connectivity index is 2.47. The number of nitrogens with zero attached hydrogens (tertiary/aromatic N) is 1. The number of carboxylic acid groups (broad SMARTS) is 1. The number of pyridine rings is 1. The summed E-state index contributed by atoms with van der Waals surface area (Å²) in [6, 6.07) is 6.22. The van der Waals surface area contributed by atoms with Crippen molar-refractivity contribution in [3.05, 3.63) is 41.1 Å². The van der Waals surface area contributed by atoms with Gasteiger partial charge in [0, 0.05) is 17.5 Å². The summed E-state index contributed by atoms with van der Waals surface area (Å²) in [5.41, 5.74) is 1.80. The molecule has 0 aliphatic carbocycles. The van der Waals surface area contributed by atoms with Crippen molar-refractivity contribution in [1.29, 1.82) is 0 Å². The van der Waals surface area contributed by atoms with Crippen LogP contribution >= 0.6 is 7.60 Å². The molecule has 2 N–H and O–H groups in total. The van der Waals surface area contributed by atoms with Gasteiger partial charge >= 0.3 is 19.7 Å². The molecule has 9 nitrogen and oxygen atoms in total. The maximum atomic E-state index is 13.2. The maximum absolute atomic E-state index is 13.2. The lowest BCUT2D eigenvalue weighted by molar-refractivity contribution is -0.139. The quantitative estimate of drug-likeness (QED) is 0.464. The maximum Gasteiger partial charge on any atom is 0.408 e. The highest BCUT2D eigenvalue weighted by molar-refractivity contribution is 7.53. The van der Waals surface area contributed by atoms with Gasteiger partial charge in [-0.25, -0.2) is 9.59 Å². The summed E-state index contributed by atoms with van der Waals surface area (Å²) in [6.45, 7) is 10.8. The second-order valence-electron chi connectivity index (χ2n) is 8.64. The van der Waals surface area contributed by atoms with Crippen LogP contribution in [0.5, 0.6) is 0 Å². The normalized spacial score (nSPS) is 13.0. The Hall–Kier alpha value is -2.48. The van der Waals surface area contributed by atoms with Crippen molar-refractivity contribution in [3.63, 3.8) is 0 Å². The molecular weight excluding hydrogens is 447 g/mol. The zero-order valence-electron chi connectivity index (χ0n) is 20.0. The number of carbonyl (C=O) groups excluding carboxylic acids is 1. The average Bonchev–Trinajstić information content (AvgIpc) is 2.66. The third-order valence-corrected chi connectivity index (χ3v) is 6.58. The van der Waals surface area contributed by atoms with Crippen molar-refractivity contribution in [2.45, 2.75) is 65.8 Å². The highest BCUT2D eigenvalue weighted by Gasteiger charge is 2.29. The number of benzene rings is 1. The number of nitrogens with one attached hydrogen (secondary N) is 1. The minimum Gasteiger partial charge on any atom is -0.480 e. The first-order valence-corrected chi connectivity index (χ1v) is 12.6. The first-order chi connectivity index (χ1) is 15.4. The van der Waals surface area contributed by atoms with Crippen LogP contribution in [-0.4, -0.2) is 47.0 Å². The van der Waals surface area contributed by atoms with Crippen molar-refractivity contribution in [2.24, 2.45) is 0 Å². The molecule has 2 rings (SSSR count). The molecule has 0 saturated carbocycles. The van der Waals surface area contributed by atoms with Crippen LogP contribution in [0.4, 0.5) is 4.79 Å². The molecule has 1 amide bonds. The minimum absolute atomic E-state index is 0.0698. The molecule has 0 aliphatic rings. The minimum atomic E-state index is -3.48. The van der Waals surface area contributed by atoms with Crippen LogP contribution in [0.25, 0.3) is 10.9 Å². The van der Waals surface area contributed by atoms with Gasteiger partial charge in [0.25, 0.3) is 0 Å². The summed E-state index contributed by atoms with van der Waals surface area (Å²) in [5, 5.41) is 12.9. The molecule has 0 radical (unpaired) electrons. The number of aliphatic carboxylic acids is 1. The molecule has 0 unspecified atom stereocenters. The standard InChI is InChI=1S/C23H33N2O7P/c1-7-30-33(29,31-8-2)14-17-12-16-10-9-15(3)11-18(16)24-19(17)13-20(21(26)27)25-22(28)32-23(4,5)6/h9-12,20H,7-8,13-14H2,1-6H3,(H,25,28)(H,26,27)/t20-/m1/s1. The smallest absolute Gasteiger partial charge is 0.408 e. The number of alkyl carbamates (subject to hydrolysis) is 1. The Morgan fingerprint density at radius 2 is 1.79 bits per heavy atom. The van der Waals surface area contributed by atoms with Gasteiger partial charge in [-0.15, -0.1) is 0 Å². The summed E-state index contributed by atoms with van der Waals surface area (Å²) < 4.78 is 29.3. The second kappa shape index (κ2) is 11.1. The highest BCUT2D eigenvalue weighted by Crippen LogP contribution is 2.51. The van der Waals surface area contributed by atoms with E-state index in [0.29, 0.717) is 16.8 Å². The molecule has 1 aromatic carbocycles. The van der Waals surface area contributed by atoms with Crippen LogP contribution in [0.1, 0.15) is 51.4 Å². The summed E-state index contributed by atoms with van der Waals surface area (Å²) in [4.78, 5) is 28.8. The molecule has 0 fully saturated rings. The van der Waals surface area contributed by atoms with E-state index in [1.54, 1.807) is 34.6 Å². The number of carbonyl (C=O) groups is 2. The lowest BCUT2D eigenvalue weighted by Crippen LogP contribution is -2.45. The highest BCUT2D eigenvalue weighted by atomic mass is 31.2. The molecule has 0 bridgehead atoms. The fourth-order valence-corrected chi connectivity index (χ4v) is 4.98. The van der Waals surface area contributed by atoms with Crippen LogP contribution in [0.15, 0.2) is 24.3 Å². The Morgan fingerprint density at radius 1 is 1.15 bits per heavy atom. The second-order valence-corrected chi connectivity index (χ2v) is 10.7. The predicted molar refractivity (Wildman–Crippen MR) is 126 cm³/mol. The van der Waals surface area contributed by atoms with Crippen LogP contribution in [0.2, 0.25) is 0 Å². The summed E-state index contributed by atoms with van der Waals surface area (Å²) in [6.07, 6.45) is -1.05. The monoisotopic (exact) mass is 480 g/mol. The molecule has 0 aliphatic heterocycles. The van der Waals surface area contributed by atoms with Gasteiger partial charge in [-0.2, -0.15) is 0 Å². The number of amides is 1. The molecule has 1 atom stereocenters. The fraction of sp³-hybridized carbons (Fsp3) is 0.522. The third-order valence-electron chi connectivity index (χ3n) is 4.54. The summed E-state index contributed by atoms with van der Waals surface area (Å²) in [7, 11) is -3.48.